The lowest BCUT2D eigenvalue weighted by Crippen LogP contribution is -2.35. The standard InChI is InChI=1S/C21H29NO2/c1-5-9-20-17(7-3)14-16(6-2)15-22(20)19-12-10-18(11-13-19)21(23)24-8-4/h10-15,20H,5-9H2,1-4H3. The molecule has 1 unspecified atom stereocenters. The van der Waals surface area contributed by atoms with Crippen LogP contribution in [0.4, 0.5) is 5.69 Å². The summed E-state index contributed by atoms with van der Waals surface area (Å²) in [6, 6.07) is 8.18. The number of carbonyl (C=O) groups excluding carboxylic acids is 1. The molecule has 1 aliphatic heterocycles. The molecule has 0 saturated heterocycles. The second-order valence-electron chi connectivity index (χ2n) is 6.11. The molecule has 2 rings (SSSR count). The predicted molar refractivity (Wildman–Crippen MR) is 100 cm³/mol. The molecule has 1 aromatic rings. The van der Waals surface area contributed by atoms with Gasteiger partial charge in [0.1, 0.15) is 0 Å². The van der Waals surface area contributed by atoms with Crippen molar-refractivity contribution in [2.75, 3.05) is 11.5 Å². The Kier molecular flexibility index (Phi) is 6.65. The topological polar surface area (TPSA) is 29.5 Å². The highest BCUT2D eigenvalue weighted by Crippen LogP contribution is 2.32. The van der Waals surface area contributed by atoms with Crippen LogP contribution in [0.15, 0.2) is 47.7 Å². The Morgan fingerprint density at radius 1 is 1.08 bits per heavy atom. The van der Waals surface area contributed by atoms with Crippen LogP contribution in [-0.4, -0.2) is 18.6 Å². The van der Waals surface area contributed by atoms with Crippen LogP contribution in [0.2, 0.25) is 0 Å². The molecule has 24 heavy (non-hydrogen) atoms. The summed E-state index contributed by atoms with van der Waals surface area (Å²) in [5.41, 5.74) is 4.58. The summed E-state index contributed by atoms with van der Waals surface area (Å²) in [6.07, 6.45) is 9.00. The predicted octanol–water partition coefficient (Wildman–Crippen LogP) is 5.48. The second-order valence-corrected chi connectivity index (χ2v) is 6.11. The highest BCUT2D eigenvalue weighted by molar-refractivity contribution is 5.89. The molecule has 3 nitrogen and oxygen atoms in total. The van der Waals surface area contributed by atoms with Gasteiger partial charge >= 0.3 is 5.97 Å². The minimum absolute atomic E-state index is 0.258. The van der Waals surface area contributed by atoms with E-state index in [0.29, 0.717) is 18.2 Å². The summed E-state index contributed by atoms with van der Waals surface area (Å²) in [4.78, 5) is 14.2. The van der Waals surface area contributed by atoms with Gasteiger partial charge in [-0.05, 0) is 61.6 Å². The minimum atomic E-state index is -0.258. The van der Waals surface area contributed by atoms with Crippen molar-refractivity contribution in [1.82, 2.24) is 0 Å². The zero-order valence-electron chi connectivity index (χ0n) is 15.3. The molecule has 0 aromatic heterocycles. The first-order chi connectivity index (χ1) is 11.6. The Morgan fingerprint density at radius 2 is 1.79 bits per heavy atom. The van der Waals surface area contributed by atoms with Gasteiger partial charge in [0, 0.05) is 11.9 Å². The van der Waals surface area contributed by atoms with Crippen molar-refractivity contribution in [1.29, 1.82) is 0 Å². The first kappa shape index (κ1) is 18.3. The molecule has 130 valence electrons. The summed E-state index contributed by atoms with van der Waals surface area (Å²) in [5, 5.41) is 0. The van der Waals surface area contributed by atoms with Gasteiger partial charge in [-0.15, -0.1) is 0 Å². The third-order valence-corrected chi connectivity index (χ3v) is 4.49. The van der Waals surface area contributed by atoms with Crippen LogP contribution in [-0.2, 0) is 4.74 Å². The van der Waals surface area contributed by atoms with Gasteiger partial charge in [-0.1, -0.05) is 33.3 Å². The molecule has 0 saturated carbocycles. The van der Waals surface area contributed by atoms with E-state index in [2.05, 4.69) is 37.9 Å². The minimum Gasteiger partial charge on any atom is -0.462 e. The van der Waals surface area contributed by atoms with E-state index in [1.165, 1.54) is 11.1 Å². The van der Waals surface area contributed by atoms with Crippen molar-refractivity contribution in [3.63, 3.8) is 0 Å². The maximum absolute atomic E-state index is 11.8. The van der Waals surface area contributed by atoms with E-state index in [9.17, 15) is 4.79 Å². The fourth-order valence-corrected chi connectivity index (χ4v) is 3.19. The Bertz CT molecular complexity index is 613. The molecule has 0 amide bonds. The Labute approximate surface area is 146 Å². The molecule has 0 radical (unpaired) electrons. The van der Waals surface area contributed by atoms with Gasteiger partial charge in [-0.25, -0.2) is 4.79 Å². The van der Waals surface area contributed by atoms with Crippen molar-refractivity contribution in [3.05, 3.63) is 53.3 Å². The van der Waals surface area contributed by atoms with Crippen LogP contribution in [0.3, 0.4) is 0 Å². The molecule has 3 heteroatoms. The Balaban J connectivity index is 2.31. The number of esters is 1. The monoisotopic (exact) mass is 327 g/mol. The number of anilines is 1. The lowest BCUT2D eigenvalue weighted by Gasteiger charge is -2.36. The van der Waals surface area contributed by atoms with Gasteiger partial charge in [0.25, 0.3) is 0 Å². The number of ether oxygens (including phenoxy) is 1. The normalized spacial score (nSPS) is 17.3. The number of rotatable bonds is 7. The van der Waals surface area contributed by atoms with Crippen molar-refractivity contribution < 1.29 is 9.53 Å². The number of nitrogens with zero attached hydrogens (tertiary/aromatic N) is 1. The zero-order valence-corrected chi connectivity index (χ0v) is 15.3. The van der Waals surface area contributed by atoms with E-state index in [0.717, 1.165) is 31.4 Å². The lowest BCUT2D eigenvalue weighted by molar-refractivity contribution is 0.0526. The number of allylic oxidation sites excluding steroid dienone is 2. The quantitative estimate of drug-likeness (QED) is 0.621. The largest absolute Gasteiger partial charge is 0.462 e. The second kappa shape index (κ2) is 8.72. The summed E-state index contributed by atoms with van der Waals surface area (Å²) in [6.45, 7) is 8.88. The average molecular weight is 327 g/mol. The van der Waals surface area contributed by atoms with Crippen molar-refractivity contribution in [3.8, 4) is 0 Å². The maximum atomic E-state index is 11.8. The fourth-order valence-electron chi connectivity index (χ4n) is 3.19. The Morgan fingerprint density at radius 3 is 2.33 bits per heavy atom. The molecule has 1 atom stereocenters. The van der Waals surface area contributed by atoms with E-state index in [4.69, 9.17) is 4.74 Å². The smallest absolute Gasteiger partial charge is 0.338 e. The van der Waals surface area contributed by atoms with E-state index in [1.54, 1.807) is 0 Å². The lowest BCUT2D eigenvalue weighted by atomic mass is 9.92. The van der Waals surface area contributed by atoms with Gasteiger partial charge in [-0.2, -0.15) is 0 Å². The third-order valence-electron chi connectivity index (χ3n) is 4.49. The molecule has 0 fully saturated rings. The molecule has 0 bridgehead atoms. The van der Waals surface area contributed by atoms with Gasteiger partial charge in [0.2, 0.25) is 0 Å². The number of benzene rings is 1. The molecule has 0 spiro atoms. The van der Waals surface area contributed by atoms with E-state index in [-0.39, 0.29) is 5.97 Å². The Hall–Kier alpha value is -2.03. The van der Waals surface area contributed by atoms with E-state index < -0.39 is 0 Å². The summed E-state index contributed by atoms with van der Waals surface area (Å²) >= 11 is 0. The van der Waals surface area contributed by atoms with E-state index in [1.807, 2.05) is 31.2 Å². The van der Waals surface area contributed by atoms with Crippen LogP contribution >= 0.6 is 0 Å². The van der Waals surface area contributed by atoms with Crippen LogP contribution < -0.4 is 4.90 Å². The van der Waals surface area contributed by atoms with E-state index >= 15 is 0 Å². The number of hydrogen-bond acceptors (Lipinski definition) is 3. The average Bonchev–Trinajstić information content (AvgIpc) is 2.62. The molecule has 0 N–H and O–H groups in total. The molecular formula is C21H29NO2. The fraction of sp³-hybridized carbons (Fsp3) is 0.476. The first-order valence-electron chi connectivity index (χ1n) is 9.11. The van der Waals surface area contributed by atoms with Gasteiger partial charge in [0.05, 0.1) is 18.2 Å². The van der Waals surface area contributed by atoms with Crippen molar-refractivity contribution in [2.45, 2.75) is 59.4 Å². The molecule has 1 heterocycles. The molecule has 1 aromatic carbocycles. The number of carbonyl (C=O) groups is 1. The molecule has 0 aliphatic carbocycles. The van der Waals surface area contributed by atoms with Crippen LogP contribution in [0.5, 0.6) is 0 Å². The van der Waals surface area contributed by atoms with Crippen molar-refractivity contribution >= 4 is 11.7 Å². The van der Waals surface area contributed by atoms with Crippen LogP contribution in [0.25, 0.3) is 0 Å². The SMILES string of the molecule is CCCC1C(CC)=CC(CC)=CN1c1ccc(C(=O)OCC)cc1. The maximum Gasteiger partial charge on any atom is 0.338 e. The molecule has 1 aliphatic rings. The summed E-state index contributed by atoms with van der Waals surface area (Å²) < 4.78 is 5.07. The van der Waals surface area contributed by atoms with Gasteiger partial charge in [0.15, 0.2) is 0 Å². The highest BCUT2D eigenvalue weighted by Gasteiger charge is 2.24. The van der Waals surface area contributed by atoms with Crippen LogP contribution in [0, 0.1) is 0 Å². The zero-order chi connectivity index (χ0) is 17.5. The van der Waals surface area contributed by atoms with Crippen molar-refractivity contribution in [2.24, 2.45) is 0 Å². The first-order valence-corrected chi connectivity index (χ1v) is 9.11. The van der Waals surface area contributed by atoms with Crippen LogP contribution in [0.1, 0.15) is 63.7 Å². The number of hydrogen-bond donors (Lipinski definition) is 0. The van der Waals surface area contributed by atoms with Gasteiger partial charge in [-0.3, -0.25) is 0 Å². The van der Waals surface area contributed by atoms with Gasteiger partial charge < -0.3 is 9.64 Å². The summed E-state index contributed by atoms with van der Waals surface area (Å²) in [7, 11) is 0. The third kappa shape index (κ3) is 4.08. The molecular weight excluding hydrogens is 298 g/mol. The summed E-state index contributed by atoms with van der Waals surface area (Å²) in [5.74, 6) is -0.258. The highest BCUT2D eigenvalue weighted by atomic mass is 16.5.